The standard InChI is InChI=1S/C16H26BN7O6P/c17-31(27)28-7-8-11(30-31)10(25)14(29-8)24-12-9(13(26)23-15(19)22-12)21-16(24)20-6-4-2-1-3-5-18/h8,10-11,14,25,27H,1-7,18H2,(H,20,21)(H3,19,22,23,26)/q+1/t8-,10+,11+,14-,31?/m1/s1. The number of nitrogens with one attached hydrogen (secondary N) is 2. The van der Waals surface area contributed by atoms with Crippen LogP contribution in [0.5, 0.6) is 0 Å². The van der Waals surface area contributed by atoms with Gasteiger partial charge in [-0.3, -0.25) is 14.3 Å². The van der Waals surface area contributed by atoms with Gasteiger partial charge in [-0.1, -0.05) is 12.8 Å². The van der Waals surface area contributed by atoms with Crippen molar-refractivity contribution in [1.29, 1.82) is 0 Å². The van der Waals surface area contributed by atoms with Crippen LogP contribution in [0, 0.1) is 0 Å². The van der Waals surface area contributed by atoms with E-state index in [1.165, 1.54) is 4.57 Å². The summed E-state index contributed by atoms with van der Waals surface area (Å²) >= 11 is 0. The number of hydrogen-bond donors (Lipinski definition) is 6. The van der Waals surface area contributed by atoms with Crippen LogP contribution in [0.1, 0.15) is 31.9 Å². The first-order valence-corrected chi connectivity index (χ1v) is 11.7. The zero-order valence-corrected chi connectivity index (χ0v) is 17.7. The zero-order valence-electron chi connectivity index (χ0n) is 16.8. The van der Waals surface area contributed by atoms with Gasteiger partial charge < -0.3 is 26.6 Å². The lowest BCUT2D eigenvalue weighted by Crippen LogP contribution is -2.40. The van der Waals surface area contributed by atoms with Gasteiger partial charge in [0.05, 0.1) is 0 Å². The quantitative estimate of drug-likeness (QED) is 0.165. The fraction of sp³-hybridized carbons (Fsp3) is 0.688. The lowest BCUT2D eigenvalue weighted by molar-refractivity contribution is -0.0597. The maximum Gasteiger partial charge on any atom is 0.488 e. The molecule has 0 bridgehead atoms. The number of nitrogens with zero attached hydrogens (tertiary/aromatic N) is 3. The fourth-order valence-corrected chi connectivity index (χ4v) is 4.80. The number of anilines is 2. The first-order valence-electron chi connectivity index (χ1n) is 10.1. The molecule has 15 heteroatoms. The summed E-state index contributed by atoms with van der Waals surface area (Å²) in [6.45, 7) is 1.18. The lowest BCUT2D eigenvalue weighted by atomic mass is 10.1. The summed E-state index contributed by atoms with van der Waals surface area (Å²) in [5, 5.41) is 14.1. The molecule has 31 heavy (non-hydrogen) atoms. The molecule has 2 aromatic heterocycles. The molecule has 0 spiro atoms. The van der Waals surface area contributed by atoms with Crippen LogP contribution in [0.2, 0.25) is 0 Å². The predicted molar refractivity (Wildman–Crippen MR) is 114 cm³/mol. The molecule has 0 saturated carbocycles. The number of H-pyrrole nitrogens is 1. The van der Waals surface area contributed by atoms with Crippen LogP contribution in [-0.4, -0.2) is 75.1 Å². The summed E-state index contributed by atoms with van der Waals surface area (Å²) < 4.78 is 17.9. The van der Waals surface area contributed by atoms with Crippen LogP contribution in [0.15, 0.2) is 4.79 Å². The van der Waals surface area contributed by atoms with Crippen LogP contribution in [0.4, 0.5) is 11.9 Å². The van der Waals surface area contributed by atoms with Crippen LogP contribution < -0.4 is 22.3 Å². The largest absolute Gasteiger partial charge is 0.488 e. The van der Waals surface area contributed by atoms with Gasteiger partial charge in [0.1, 0.15) is 18.8 Å². The highest BCUT2D eigenvalue weighted by Gasteiger charge is 2.57. The Labute approximate surface area is 179 Å². The molecule has 4 rings (SSSR count). The number of unbranched alkanes of at least 4 members (excludes halogenated alkanes) is 3. The second kappa shape index (κ2) is 8.98. The highest BCUT2D eigenvalue weighted by molar-refractivity contribution is 7.85. The van der Waals surface area contributed by atoms with Gasteiger partial charge >= 0.3 is 15.4 Å². The molecular formula is C16H26BN7O6P+. The van der Waals surface area contributed by atoms with E-state index in [0.29, 0.717) is 19.0 Å². The van der Waals surface area contributed by atoms with Gasteiger partial charge in [-0.25, -0.2) is 9.88 Å². The fourth-order valence-electron chi connectivity index (χ4n) is 3.77. The first-order chi connectivity index (χ1) is 14.8. The SMILES string of the molecule is [B][P+]1(O)OC[C@H]2O[C@@H](n3c(NCCCCCCN)nc4c(=O)[nH]c(N)nc43)[C@@H](O)[C@H]2O1. The highest BCUT2D eigenvalue weighted by atomic mass is 31.2. The Morgan fingerprint density at radius 1 is 1.32 bits per heavy atom. The number of fused-ring (bicyclic) bond motifs is 2. The summed E-state index contributed by atoms with van der Waals surface area (Å²) in [5.41, 5.74) is 10.9. The number of aromatic nitrogens is 4. The van der Waals surface area contributed by atoms with E-state index in [0.717, 1.165) is 25.7 Å². The smallest absolute Gasteiger partial charge is 0.385 e. The van der Waals surface area contributed by atoms with E-state index in [9.17, 15) is 14.8 Å². The third kappa shape index (κ3) is 4.56. The number of hydrogen-bond acceptors (Lipinski definition) is 11. The molecule has 168 valence electrons. The molecule has 2 aromatic rings. The van der Waals surface area contributed by atoms with Crippen LogP contribution in [0.3, 0.4) is 0 Å². The van der Waals surface area contributed by atoms with Crippen LogP contribution >= 0.6 is 7.82 Å². The number of ether oxygens (including phenoxy) is 1. The zero-order chi connectivity index (χ0) is 22.2. The van der Waals surface area contributed by atoms with Crippen molar-refractivity contribution in [3.05, 3.63) is 10.4 Å². The number of rotatable bonds is 8. The maximum atomic E-state index is 12.4. The Bertz CT molecular complexity index is 987. The van der Waals surface area contributed by atoms with Crippen molar-refractivity contribution in [1.82, 2.24) is 19.5 Å². The molecule has 1 unspecified atom stereocenters. The lowest BCUT2D eigenvalue weighted by Gasteiger charge is -2.27. The van der Waals surface area contributed by atoms with E-state index < -0.39 is 37.9 Å². The molecule has 13 nitrogen and oxygen atoms in total. The van der Waals surface area contributed by atoms with E-state index in [-0.39, 0.29) is 23.7 Å². The Morgan fingerprint density at radius 3 is 2.87 bits per heavy atom. The molecule has 0 aromatic carbocycles. The van der Waals surface area contributed by atoms with Crippen LogP contribution in [0.25, 0.3) is 11.2 Å². The summed E-state index contributed by atoms with van der Waals surface area (Å²) in [4.78, 5) is 33.2. The Hall–Kier alpha value is -1.80. The molecule has 2 radical (unpaired) electrons. The van der Waals surface area contributed by atoms with E-state index >= 15 is 0 Å². The average Bonchev–Trinajstić information content (AvgIpc) is 3.21. The number of nitrogen functional groups attached to an aromatic ring is 1. The van der Waals surface area contributed by atoms with Crippen molar-refractivity contribution >= 4 is 38.4 Å². The number of aliphatic hydroxyl groups excluding tert-OH is 1. The minimum Gasteiger partial charge on any atom is -0.385 e. The van der Waals surface area contributed by atoms with Gasteiger partial charge in [0, 0.05) is 6.54 Å². The van der Waals surface area contributed by atoms with Crippen molar-refractivity contribution in [2.75, 3.05) is 30.7 Å². The second-order valence-corrected chi connectivity index (χ2v) is 9.14. The predicted octanol–water partition coefficient (Wildman–Crippen LogP) is -0.855. The maximum absolute atomic E-state index is 12.4. The topological polar surface area (TPSA) is 196 Å². The molecule has 4 heterocycles. The van der Waals surface area contributed by atoms with Crippen molar-refractivity contribution in [3.8, 4) is 0 Å². The molecule has 2 aliphatic heterocycles. The van der Waals surface area contributed by atoms with Gasteiger partial charge in [-0.15, -0.1) is 0 Å². The van der Waals surface area contributed by atoms with E-state index in [1.54, 1.807) is 0 Å². The molecule has 8 N–H and O–H groups in total. The first kappa shape index (κ1) is 22.4. The number of aromatic amines is 1. The van der Waals surface area contributed by atoms with Gasteiger partial charge in [-0.05, 0) is 19.4 Å². The van der Waals surface area contributed by atoms with Crippen molar-refractivity contribution in [3.63, 3.8) is 0 Å². The Morgan fingerprint density at radius 2 is 2.10 bits per heavy atom. The van der Waals surface area contributed by atoms with Crippen molar-refractivity contribution in [2.24, 2.45) is 5.73 Å². The van der Waals surface area contributed by atoms with Gasteiger partial charge in [0.2, 0.25) is 11.9 Å². The van der Waals surface area contributed by atoms with E-state index in [4.69, 9.17) is 32.8 Å². The minimum absolute atomic E-state index is 0.0468. The summed E-state index contributed by atoms with van der Waals surface area (Å²) in [7, 11) is 2.04. The van der Waals surface area contributed by atoms with E-state index in [1.807, 2.05) is 0 Å². The van der Waals surface area contributed by atoms with Gasteiger partial charge in [0.25, 0.3) is 5.56 Å². The van der Waals surface area contributed by atoms with Crippen molar-refractivity contribution in [2.45, 2.75) is 50.2 Å². The second-order valence-electron chi connectivity index (χ2n) is 7.54. The number of aliphatic hydroxyl groups is 1. The van der Waals surface area contributed by atoms with E-state index in [2.05, 4.69) is 20.3 Å². The molecular weight excluding hydrogens is 428 g/mol. The molecule has 2 fully saturated rings. The van der Waals surface area contributed by atoms with Crippen LogP contribution in [-0.2, 0) is 13.8 Å². The molecule has 0 amide bonds. The third-order valence-corrected chi connectivity index (χ3v) is 6.31. The normalized spacial score (nSPS) is 30.5. The van der Waals surface area contributed by atoms with Gasteiger partial charge in [0.15, 0.2) is 23.5 Å². The average molecular weight is 454 g/mol. The third-order valence-electron chi connectivity index (χ3n) is 5.24. The number of imidazole rings is 1. The van der Waals surface area contributed by atoms with Gasteiger partial charge in [-0.2, -0.15) is 14.0 Å². The highest BCUT2D eigenvalue weighted by Crippen LogP contribution is 2.58. The summed E-state index contributed by atoms with van der Waals surface area (Å²) in [6.07, 6.45) is -0.0252. The summed E-state index contributed by atoms with van der Waals surface area (Å²) in [5.74, 6) is 0.192. The summed E-state index contributed by atoms with van der Waals surface area (Å²) in [6, 6.07) is 0. The molecule has 2 aliphatic rings. The number of nitrogens with two attached hydrogens (primary N) is 2. The Balaban J connectivity index is 1.63. The minimum atomic E-state index is -3.53. The monoisotopic (exact) mass is 454 g/mol. The van der Waals surface area contributed by atoms with Crippen molar-refractivity contribution < 1.29 is 23.8 Å². The molecule has 5 atom stereocenters. The Kier molecular flexibility index (Phi) is 6.49. The molecule has 2 saturated heterocycles. The molecule has 0 aliphatic carbocycles.